The van der Waals surface area contributed by atoms with Crippen LogP contribution in [0.4, 0.5) is 0 Å². The molecular weight excluding hydrogens is 702 g/mol. The molecule has 14 nitrogen and oxygen atoms in total. The third-order valence-corrected chi connectivity index (χ3v) is 8.67. The monoisotopic (exact) mass is 745 g/mol. The number of methoxy groups -OCH3 is 5. The van der Waals surface area contributed by atoms with Gasteiger partial charge in [0, 0.05) is 12.6 Å². The van der Waals surface area contributed by atoms with E-state index in [2.05, 4.69) is 24.1 Å². The van der Waals surface area contributed by atoms with Crippen molar-refractivity contribution in [3.63, 3.8) is 0 Å². The number of benzene rings is 4. The van der Waals surface area contributed by atoms with Gasteiger partial charge in [-0.2, -0.15) is 0 Å². The van der Waals surface area contributed by atoms with Crippen molar-refractivity contribution in [1.29, 1.82) is 0 Å². The van der Waals surface area contributed by atoms with E-state index in [1.807, 2.05) is 12.1 Å². The first kappa shape index (κ1) is 40.5. The van der Waals surface area contributed by atoms with E-state index in [9.17, 15) is 29.4 Å². The van der Waals surface area contributed by atoms with Gasteiger partial charge in [-0.3, -0.25) is 4.90 Å². The van der Waals surface area contributed by atoms with E-state index in [0.29, 0.717) is 17.2 Å². The topological polar surface area (TPSA) is 177 Å². The molecule has 3 atom stereocenters. The number of aliphatic carboxylic acids is 2. The average molecular weight is 746 g/mol. The Labute approximate surface area is 312 Å². The molecule has 0 aliphatic carbocycles. The summed E-state index contributed by atoms with van der Waals surface area (Å²) in [6.45, 7) is 0.984. The first-order valence-electron chi connectivity index (χ1n) is 16.7. The molecule has 4 aromatic rings. The van der Waals surface area contributed by atoms with E-state index in [0.717, 1.165) is 36.4 Å². The predicted molar refractivity (Wildman–Crippen MR) is 195 cm³/mol. The van der Waals surface area contributed by atoms with Gasteiger partial charge in [0.2, 0.25) is 18.0 Å². The molecule has 0 bridgehead atoms. The Kier molecular flexibility index (Phi) is 14.2. The first-order chi connectivity index (χ1) is 25.9. The molecule has 14 heteroatoms. The number of likely N-dealkylation sites (N-methyl/N-ethyl adjacent to an activating group) is 1. The molecule has 0 radical (unpaired) electrons. The van der Waals surface area contributed by atoms with Gasteiger partial charge >= 0.3 is 23.9 Å². The zero-order valence-electron chi connectivity index (χ0n) is 30.8. The number of esters is 2. The largest absolute Gasteiger partial charge is 0.493 e. The van der Waals surface area contributed by atoms with E-state index < -0.39 is 36.1 Å². The molecule has 1 heterocycles. The van der Waals surface area contributed by atoms with Crippen LogP contribution in [0.5, 0.6) is 28.7 Å². The van der Waals surface area contributed by atoms with Gasteiger partial charge < -0.3 is 43.4 Å². The number of carboxylic acid groups (broad SMARTS) is 2. The fourth-order valence-corrected chi connectivity index (χ4v) is 5.89. The fourth-order valence-electron chi connectivity index (χ4n) is 5.89. The molecule has 1 aliphatic heterocycles. The van der Waals surface area contributed by atoms with Crippen molar-refractivity contribution in [3.8, 4) is 28.7 Å². The minimum absolute atomic E-state index is 0.0253. The molecular formula is C40H43NO13. The van der Waals surface area contributed by atoms with Crippen LogP contribution in [-0.2, 0) is 31.9 Å². The van der Waals surface area contributed by atoms with Crippen molar-refractivity contribution >= 4 is 23.9 Å². The fraction of sp³-hybridized carbons (Fsp3) is 0.300. The number of hydrogen-bond acceptors (Lipinski definition) is 12. The maximum atomic E-state index is 12.0. The van der Waals surface area contributed by atoms with Crippen LogP contribution in [0.2, 0.25) is 0 Å². The van der Waals surface area contributed by atoms with Gasteiger partial charge in [-0.15, -0.1) is 0 Å². The second-order valence-electron chi connectivity index (χ2n) is 12.0. The molecule has 5 rings (SSSR count). The molecule has 54 heavy (non-hydrogen) atoms. The van der Waals surface area contributed by atoms with Crippen LogP contribution in [0.1, 0.15) is 43.4 Å². The SMILES string of the molecule is COc1cc2c(cc1OC)[C@@H](Cc1cc(OC)c(OC)c(OC)c1)N(C)CC2.O=C(O[C@@H](C(=O)O)[C@@H](OC(=O)c1ccccc1)C(=O)O)c1ccccc1. The number of rotatable bonds is 14. The number of fused-ring (bicyclic) bond motifs is 1. The van der Waals surface area contributed by atoms with Gasteiger partial charge in [0.25, 0.3) is 0 Å². The third kappa shape index (κ3) is 9.77. The smallest absolute Gasteiger partial charge is 0.349 e. The van der Waals surface area contributed by atoms with E-state index in [4.69, 9.17) is 33.2 Å². The second kappa shape index (κ2) is 19.0. The van der Waals surface area contributed by atoms with Crippen molar-refractivity contribution in [2.24, 2.45) is 0 Å². The van der Waals surface area contributed by atoms with Gasteiger partial charge in [0.05, 0.1) is 46.7 Å². The van der Waals surface area contributed by atoms with E-state index in [1.54, 1.807) is 47.7 Å². The van der Waals surface area contributed by atoms with Gasteiger partial charge in [-0.25, -0.2) is 19.2 Å². The number of ether oxygens (including phenoxy) is 7. The van der Waals surface area contributed by atoms with Crippen LogP contribution >= 0.6 is 0 Å². The molecule has 286 valence electrons. The van der Waals surface area contributed by atoms with E-state index >= 15 is 0 Å². The molecule has 0 amide bonds. The van der Waals surface area contributed by atoms with Crippen LogP contribution in [0, 0.1) is 0 Å². The Balaban J connectivity index is 0.000000241. The van der Waals surface area contributed by atoms with Crippen molar-refractivity contribution in [3.05, 3.63) is 113 Å². The highest BCUT2D eigenvalue weighted by Crippen LogP contribution is 2.42. The van der Waals surface area contributed by atoms with Gasteiger partial charge in [0.1, 0.15) is 0 Å². The van der Waals surface area contributed by atoms with Crippen LogP contribution in [0.25, 0.3) is 0 Å². The van der Waals surface area contributed by atoms with E-state index in [1.165, 1.54) is 59.7 Å². The third-order valence-electron chi connectivity index (χ3n) is 8.67. The zero-order chi connectivity index (χ0) is 39.4. The van der Waals surface area contributed by atoms with Crippen molar-refractivity contribution in [1.82, 2.24) is 4.90 Å². The standard InChI is InChI=1S/C22H29NO5.C18H14O8/c1-23-8-7-15-12-18(24-2)19(25-3)13-16(15)17(23)9-14-10-20(26-4)22(28-6)21(11-14)27-5;19-15(20)13(25-17(23)11-7-3-1-4-8-11)14(16(21)22)26-18(24)12-9-5-2-6-10-12/h10-13,17H,7-9H2,1-6H3;1-10,13-14H,(H,19,20)(H,21,22)/t17-;13-,14-/m11/s1. The lowest BCUT2D eigenvalue weighted by Crippen LogP contribution is -2.45. The Morgan fingerprint density at radius 2 is 1.09 bits per heavy atom. The Morgan fingerprint density at radius 3 is 1.50 bits per heavy atom. The highest BCUT2D eigenvalue weighted by molar-refractivity contribution is 5.95. The Hall–Kier alpha value is -6.28. The molecule has 0 saturated carbocycles. The highest BCUT2D eigenvalue weighted by Gasteiger charge is 2.41. The van der Waals surface area contributed by atoms with Gasteiger partial charge in [-0.1, -0.05) is 36.4 Å². The molecule has 0 saturated heterocycles. The van der Waals surface area contributed by atoms with Crippen LogP contribution < -0.4 is 23.7 Å². The van der Waals surface area contributed by atoms with Crippen LogP contribution in [0.3, 0.4) is 0 Å². The lowest BCUT2D eigenvalue weighted by Gasteiger charge is -2.35. The summed E-state index contributed by atoms with van der Waals surface area (Å²) in [6.07, 6.45) is -2.63. The van der Waals surface area contributed by atoms with Gasteiger partial charge in [-0.05, 0) is 85.1 Å². The summed E-state index contributed by atoms with van der Waals surface area (Å²) in [4.78, 5) is 49.2. The number of nitrogens with zero attached hydrogens (tertiary/aromatic N) is 1. The summed E-state index contributed by atoms with van der Waals surface area (Å²) >= 11 is 0. The number of hydrogen-bond donors (Lipinski definition) is 2. The lowest BCUT2D eigenvalue weighted by molar-refractivity contribution is -0.166. The zero-order valence-corrected chi connectivity index (χ0v) is 30.8. The van der Waals surface area contributed by atoms with Crippen LogP contribution in [-0.4, -0.2) is 100 Å². The average Bonchev–Trinajstić information content (AvgIpc) is 3.19. The van der Waals surface area contributed by atoms with Gasteiger partial charge in [0.15, 0.2) is 23.0 Å². The maximum absolute atomic E-state index is 12.0. The lowest BCUT2D eigenvalue weighted by atomic mass is 9.88. The molecule has 2 N–H and O–H groups in total. The maximum Gasteiger partial charge on any atom is 0.349 e. The molecule has 0 aromatic heterocycles. The summed E-state index contributed by atoms with van der Waals surface area (Å²) in [6, 6.07) is 23.3. The van der Waals surface area contributed by atoms with Crippen molar-refractivity contribution in [2.45, 2.75) is 31.1 Å². The predicted octanol–water partition coefficient (Wildman–Crippen LogP) is 5.11. The van der Waals surface area contributed by atoms with E-state index in [-0.39, 0.29) is 17.2 Å². The second-order valence-corrected chi connectivity index (χ2v) is 12.0. The summed E-state index contributed by atoms with van der Waals surface area (Å²) in [5, 5.41) is 18.5. The molecule has 1 aliphatic rings. The summed E-state index contributed by atoms with van der Waals surface area (Å²) in [5.74, 6) is -2.16. The number of carboxylic acids is 2. The van der Waals surface area contributed by atoms with Crippen molar-refractivity contribution in [2.75, 3.05) is 49.1 Å². The quantitative estimate of drug-likeness (QED) is 0.163. The first-order valence-corrected chi connectivity index (χ1v) is 16.7. The minimum atomic E-state index is -2.21. The molecule has 0 fully saturated rings. The Morgan fingerprint density at radius 1 is 0.648 bits per heavy atom. The summed E-state index contributed by atoms with van der Waals surface area (Å²) in [5.41, 5.74) is 3.73. The molecule has 0 spiro atoms. The van der Waals surface area contributed by atoms with Crippen molar-refractivity contribution < 1.29 is 62.5 Å². The molecule has 0 unspecified atom stereocenters. The normalized spacial score (nSPS) is 14.4. The summed E-state index contributed by atoms with van der Waals surface area (Å²) < 4.78 is 37.0. The number of carbonyl (C=O) groups is 4. The minimum Gasteiger partial charge on any atom is -0.493 e. The van der Waals surface area contributed by atoms with Crippen LogP contribution in [0.15, 0.2) is 84.9 Å². The highest BCUT2D eigenvalue weighted by atomic mass is 16.6. The Bertz CT molecular complexity index is 1820. The number of carbonyl (C=O) groups excluding carboxylic acids is 2. The molecule has 4 aromatic carbocycles. The summed E-state index contributed by atoms with van der Waals surface area (Å²) in [7, 11) is 10.4.